The number of nitrogens with zero attached hydrogens (tertiary/aromatic N) is 4. The normalized spacial score (nSPS) is 22.0. The summed E-state index contributed by atoms with van der Waals surface area (Å²) in [6.45, 7) is 6.16. The van der Waals surface area contributed by atoms with Crippen molar-refractivity contribution in [2.75, 3.05) is 19.6 Å². The molecule has 1 saturated heterocycles. The number of piperazine rings is 1. The number of hydrogen-bond donors (Lipinski definition) is 1. The summed E-state index contributed by atoms with van der Waals surface area (Å²) in [5, 5.41) is 12.5. The Morgan fingerprint density at radius 1 is 1.17 bits per heavy atom. The minimum atomic E-state index is 0.408. The fraction of sp³-hybridized carbons (Fsp3) is 0.579. The average molecular weight is 325 g/mol. The van der Waals surface area contributed by atoms with Gasteiger partial charge in [-0.25, -0.2) is 0 Å². The molecule has 4 rings (SSSR count). The van der Waals surface area contributed by atoms with Crippen molar-refractivity contribution >= 4 is 0 Å². The van der Waals surface area contributed by atoms with Crippen molar-refractivity contribution in [2.45, 2.75) is 44.7 Å². The lowest BCUT2D eigenvalue weighted by atomic mass is 10.0. The zero-order chi connectivity index (χ0) is 16.5. The van der Waals surface area contributed by atoms with E-state index in [9.17, 15) is 0 Å². The summed E-state index contributed by atoms with van der Waals surface area (Å²) in [5.74, 6) is 2.91. The van der Waals surface area contributed by atoms with Gasteiger partial charge in [0.05, 0.1) is 6.54 Å². The fourth-order valence-corrected chi connectivity index (χ4v) is 3.63. The topological polar surface area (TPSA) is 46.0 Å². The molecule has 2 heterocycles. The van der Waals surface area contributed by atoms with Crippen molar-refractivity contribution in [3.8, 4) is 0 Å². The van der Waals surface area contributed by atoms with E-state index in [4.69, 9.17) is 0 Å². The second-order valence-electron chi connectivity index (χ2n) is 7.09. The first-order chi connectivity index (χ1) is 11.8. The molecule has 5 heteroatoms. The molecular weight excluding hydrogens is 298 g/mol. The van der Waals surface area contributed by atoms with Gasteiger partial charge < -0.3 is 9.88 Å². The van der Waals surface area contributed by atoms with Gasteiger partial charge in [0.1, 0.15) is 11.6 Å². The molecule has 1 unspecified atom stereocenters. The van der Waals surface area contributed by atoms with Crippen LogP contribution in [0.3, 0.4) is 0 Å². The van der Waals surface area contributed by atoms with Crippen LogP contribution in [0.25, 0.3) is 0 Å². The molecule has 0 bridgehead atoms. The maximum Gasteiger partial charge on any atom is 0.146 e. The van der Waals surface area contributed by atoms with Crippen LogP contribution >= 0.6 is 0 Å². The first-order valence-corrected chi connectivity index (χ1v) is 9.18. The number of hydrogen-bond acceptors (Lipinski definition) is 4. The highest BCUT2D eigenvalue weighted by molar-refractivity contribution is 5.26. The molecule has 2 fully saturated rings. The Bertz CT molecular complexity index is 686. The first-order valence-electron chi connectivity index (χ1n) is 9.18. The van der Waals surface area contributed by atoms with Gasteiger partial charge in [-0.05, 0) is 30.4 Å². The molecule has 0 spiro atoms. The van der Waals surface area contributed by atoms with Crippen molar-refractivity contribution in [2.24, 2.45) is 7.05 Å². The molecule has 24 heavy (non-hydrogen) atoms. The molecule has 5 nitrogen and oxygen atoms in total. The van der Waals surface area contributed by atoms with Crippen molar-refractivity contribution < 1.29 is 0 Å². The molecule has 2 aliphatic rings. The van der Waals surface area contributed by atoms with Crippen LogP contribution < -0.4 is 5.32 Å². The van der Waals surface area contributed by atoms with Crippen LogP contribution in [0.15, 0.2) is 24.3 Å². The number of aryl methyl sites for hydroxylation is 1. The lowest BCUT2D eigenvalue weighted by Gasteiger charge is -2.36. The van der Waals surface area contributed by atoms with Gasteiger partial charge in [0.15, 0.2) is 0 Å². The van der Waals surface area contributed by atoms with Gasteiger partial charge in [0.25, 0.3) is 0 Å². The molecule has 1 aromatic carbocycles. The van der Waals surface area contributed by atoms with Crippen molar-refractivity contribution in [3.63, 3.8) is 0 Å². The molecule has 128 valence electrons. The molecule has 2 aromatic rings. The second kappa shape index (κ2) is 6.65. The minimum absolute atomic E-state index is 0.408. The summed E-state index contributed by atoms with van der Waals surface area (Å²) in [4.78, 5) is 2.54. The Balaban J connectivity index is 1.53. The number of aromatic nitrogens is 3. The first kappa shape index (κ1) is 15.8. The van der Waals surface area contributed by atoms with Crippen LogP contribution in [0.1, 0.15) is 54.5 Å². The van der Waals surface area contributed by atoms with Gasteiger partial charge in [-0.3, -0.25) is 4.90 Å². The van der Waals surface area contributed by atoms with Crippen molar-refractivity contribution in [1.82, 2.24) is 25.0 Å². The third-order valence-corrected chi connectivity index (χ3v) is 5.41. The number of rotatable bonds is 5. The molecule has 1 aliphatic heterocycles. The SMILES string of the molecule is CCc1ccc(C2CNCCN2Cc2nnc(C3CC3)n2C)cc1. The van der Waals surface area contributed by atoms with E-state index in [1.54, 1.807) is 0 Å². The molecule has 1 aromatic heterocycles. The molecule has 0 radical (unpaired) electrons. The molecule has 1 saturated carbocycles. The summed E-state index contributed by atoms with van der Waals surface area (Å²) in [6.07, 6.45) is 3.63. The third kappa shape index (κ3) is 3.10. The number of nitrogens with one attached hydrogen (secondary N) is 1. The van der Waals surface area contributed by atoms with Crippen molar-refractivity contribution in [3.05, 3.63) is 47.0 Å². The van der Waals surface area contributed by atoms with E-state index >= 15 is 0 Å². The van der Waals surface area contributed by atoms with Gasteiger partial charge in [-0.2, -0.15) is 0 Å². The van der Waals surface area contributed by atoms with Crippen LogP contribution in [0, 0.1) is 0 Å². The molecule has 1 atom stereocenters. The summed E-state index contributed by atoms with van der Waals surface area (Å²) >= 11 is 0. The van der Waals surface area contributed by atoms with Gasteiger partial charge in [0.2, 0.25) is 0 Å². The summed E-state index contributed by atoms with van der Waals surface area (Å²) in [7, 11) is 2.12. The maximum absolute atomic E-state index is 4.48. The molecular formula is C19H27N5. The second-order valence-corrected chi connectivity index (χ2v) is 7.09. The Kier molecular flexibility index (Phi) is 4.37. The molecule has 0 amide bonds. The fourth-order valence-electron chi connectivity index (χ4n) is 3.63. The summed E-state index contributed by atoms with van der Waals surface area (Å²) < 4.78 is 2.22. The van der Waals surface area contributed by atoms with E-state index < -0.39 is 0 Å². The monoisotopic (exact) mass is 325 g/mol. The zero-order valence-electron chi connectivity index (χ0n) is 14.7. The van der Waals surface area contributed by atoms with Crippen LogP contribution in [-0.4, -0.2) is 39.3 Å². The van der Waals surface area contributed by atoms with Crippen molar-refractivity contribution in [1.29, 1.82) is 0 Å². The smallest absolute Gasteiger partial charge is 0.146 e. The highest BCUT2D eigenvalue weighted by Crippen LogP contribution is 2.39. The Morgan fingerprint density at radius 3 is 2.67 bits per heavy atom. The van der Waals surface area contributed by atoms with Crippen LogP contribution in [0.4, 0.5) is 0 Å². The van der Waals surface area contributed by atoms with E-state index in [0.717, 1.165) is 38.4 Å². The lowest BCUT2D eigenvalue weighted by Crippen LogP contribution is -2.45. The Hall–Kier alpha value is -1.72. The van der Waals surface area contributed by atoms with Gasteiger partial charge in [-0.15, -0.1) is 10.2 Å². The lowest BCUT2D eigenvalue weighted by molar-refractivity contribution is 0.148. The van der Waals surface area contributed by atoms with E-state index in [1.807, 2.05) is 0 Å². The van der Waals surface area contributed by atoms with Gasteiger partial charge >= 0.3 is 0 Å². The van der Waals surface area contributed by atoms with E-state index in [2.05, 4.69) is 63.2 Å². The van der Waals surface area contributed by atoms with Crippen LogP contribution in [0.2, 0.25) is 0 Å². The molecule has 1 N–H and O–H groups in total. The van der Waals surface area contributed by atoms with E-state index in [-0.39, 0.29) is 0 Å². The standard InChI is InChI=1S/C19H27N5/c1-3-14-4-6-15(7-5-14)17-12-20-10-11-24(17)13-18-21-22-19(23(18)2)16-8-9-16/h4-7,16-17,20H,3,8-13H2,1-2H3. The maximum atomic E-state index is 4.48. The van der Waals surface area contributed by atoms with E-state index in [0.29, 0.717) is 12.0 Å². The van der Waals surface area contributed by atoms with Gasteiger partial charge in [-0.1, -0.05) is 31.2 Å². The van der Waals surface area contributed by atoms with Crippen LogP contribution in [0.5, 0.6) is 0 Å². The minimum Gasteiger partial charge on any atom is -0.317 e. The summed E-state index contributed by atoms with van der Waals surface area (Å²) in [6, 6.07) is 9.50. The third-order valence-electron chi connectivity index (χ3n) is 5.41. The average Bonchev–Trinajstić information content (AvgIpc) is 3.41. The van der Waals surface area contributed by atoms with E-state index in [1.165, 1.54) is 29.8 Å². The largest absolute Gasteiger partial charge is 0.317 e. The highest BCUT2D eigenvalue weighted by Gasteiger charge is 2.30. The highest BCUT2D eigenvalue weighted by atomic mass is 15.3. The Morgan fingerprint density at radius 2 is 1.96 bits per heavy atom. The van der Waals surface area contributed by atoms with Gasteiger partial charge in [0, 0.05) is 38.6 Å². The Labute approximate surface area is 144 Å². The predicted octanol–water partition coefficient (Wildman–Crippen LogP) is 2.40. The van der Waals surface area contributed by atoms with Crippen LogP contribution in [-0.2, 0) is 20.0 Å². The zero-order valence-corrected chi connectivity index (χ0v) is 14.7. The predicted molar refractivity (Wildman–Crippen MR) is 94.8 cm³/mol. The number of benzene rings is 1. The quantitative estimate of drug-likeness (QED) is 0.917. The summed E-state index contributed by atoms with van der Waals surface area (Å²) in [5.41, 5.74) is 2.79. The molecule has 1 aliphatic carbocycles.